The lowest BCUT2D eigenvalue weighted by Crippen LogP contribution is -2.51. The quantitative estimate of drug-likeness (QED) is 0.858. The van der Waals surface area contributed by atoms with Crippen LogP contribution in [0.1, 0.15) is 34.3 Å². The summed E-state index contributed by atoms with van der Waals surface area (Å²) in [5.74, 6) is 0.200. The minimum absolute atomic E-state index is 0.00610. The van der Waals surface area contributed by atoms with Crippen molar-refractivity contribution < 1.29 is 13.2 Å². The molecular formula is C13H21N3O3S2. The number of nitrogens with zero attached hydrogens (tertiary/aromatic N) is 1. The van der Waals surface area contributed by atoms with Crippen LogP contribution in [0, 0.1) is 12.8 Å². The summed E-state index contributed by atoms with van der Waals surface area (Å²) in [4.78, 5) is 15.4. The van der Waals surface area contributed by atoms with Gasteiger partial charge in [-0.25, -0.2) is 13.6 Å². The number of hydrogen-bond acceptors (Lipinski definition) is 5. The molecule has 1 aromatic rings. The van der Waals surface area contributed by atoms with Gasteiger partial charge in [0.05, 0.1) is 9.77 Å². The molecule has 8 heteroatoms. The molecule has 2 heterocycles. The third kappa shape index (κ3) is 3.28. The number of rotatable bonds is 3. The Kier molecular flexibility index (Phi) is 4.72. The van der Waals surface area contributed by atoms with Gasteiger partial charge in [0.25, 0.3) is 5.91 Å². The van der Waals surface area contributed by atoms with Crippen molar-refractivity contribution in [2.45, 2.75) is 37.6 Å². The zero-order valence-electron chi connectivity index (χ0n) is 12.2. The van der Waals surface area contributed by atoms with Crippen LogP contribution < -0.4 is 10.9 Å². The number of thiophene rings is 1. The topological polar surface area (TPSA) is 106 Å². The van der Waals surface area contributed by atoms with Crippen molar-refractivity contribution in [2.75, 3.05) is 13.1 Å². The van der Waals surface area contributed by atoms with Crippen LogP contribution in [0.5, 0.6) is 0 Å². The number of piperidine rings is 1. The Balaban J connectivity index is 2.32. The van der Waals surface area contributed by atoms with Crippen LogP contribution in [0.25, 0.3) is 0 Å². The van der Waals surface area contributed by atoms with Crippen LogP contribution in [-0.4, -0.2) is 38.4 Å². The predicted octanol–water partition coefficient (Wildman–Crippen LogP) is 0.903. The molecule has 0 spiro atoms. The zero-order valence-corrected chi connectivity index (χ0v) is 13.8. The van der Waals surface area contributed by atoms with E-state index in [0.29, 0.717) is 28.8 Å². The minimum atomic E-state index is -3.79. The van der Waals surface area contributed by atoms with E-state index in [1.807, 2.05) is 0 Å². The predicted molar refractivity (Wildman–Crippen MR) is 82.7 cm³/mol. The van der Waals surface area contributed by atoms with Crippen molar-refractivity contribution >= 4 is 27.3 Å². The standard InChI is InChI=1S/C13H21N3O3S2/c1-8-4-3-5-16(10(8)7-14)13(17)11-6-12(9(2)20-11)21(15,18)19/h6,8,10H,3-5,7,14H2,1-2H3,(H2,15,18,19). The van der Waals surface area contributed by atoms with Crippen molar-refractivity contribution in [1.29, 1.82) is 0 Å². The molecule has 6 nitrogen and oxygen atoms in total. The van der Waals surface area contributed by atoms with Crippen LogP contribution in [0.4, 0.5) is 0 Å². The number of aryl methyl sites for hydroxylation is 1. The van der Waals surface area contributed by atoms with Gasteiger partial charge in [-0.3, -0.25) is 4.79 Å². The Bertz CT molecular complexity index is 639. The second kappa shape index (κ2) is 6.04. The van der Waals surface area contributed by atoms with Crippen molar-refractivity contribution in [3.05, 3.63) is 15.8 Å². The minimum Gasteiger partial charge on any atom is -0.333 e. The SMILES string of the molecule is Cc1sc(C(=O)N2CCCC(C)C2CN)cc1S(N)(=O)=O. The first-order valence-corrected chi connectivity index (χ1v) is 9.26. The summed E-state index contributed by atoms with van der Waals surface area (Å²) in [6.45, 7) is 4.82. The lowest BCUT2D eigenvalue weighted by Gasteiger charge is -2.39. The average Bonchev–Trinajstić information content (AvgIpc) is 2.79. The fourth-order valence-corrected chi connectivity index (χ4v) is 4.96. The zero-order chi connectivity index (χ0) is 15.8. The summed E-state index contributed by atoms with van der Waals surface area (Å²) in [6.07, 6.45) is 1.99. The van der Waals surface area contributed by atoms with Crippen molar-refractivity contribution in [3.63, 3.8) is 0 Å². The average molecular weight is 331 g/mol. The molecule has 1 aliphatic heterocycles. The van der Waals surface area contributed by atoms with Gasteiger partial charge in [-0.05, 0) is 31.7 Å². The summed E-state index contributed by atoms with van der Waals surface area (Å²) in [5, 5.41) is 5.16. The van der Waals surface area contributed by atoms with Gasteiger partial charge in [-0.1, -0.05) is 6.92 Å². The molecular weight excluding hydrogens is 310 g/mol. The molecule has 118 valence electrons. The van der Waals surface area contributed by atoms with Gasteiger partial charge >= 0.3 is 0 Å². The van der Waals surface area contributed by atoms with Gasteiger partial charge in [0.15, 0.2) is 0 Å². The molecule has 2 atom stereocenters. The molecule has 1 fully saturated rings. The molecule has 2 rings (SSSR count). The van der Waals surface area contributed by atoms with E-state index in [2.05, 4.69) is 6.92 Å². The number of primary sulfonamides is 1. The summed E-state index contributed by atoms with van der Waals surface area (Å²) in [6, 6.07) is 1.39. The molecule has 0 aliphatic carbocycles. The molecule has 0 saturated carbocycles. The number of sulfonamides is 1. The van der Waals surface area contributed by atoms with Crippen LogP contribution in [0.15, 0.2) is 11.0 Å². The maximum Gasteiger partial charge on any atom is 0.264 e. The summed E-state index contributed by atoms with van der Waals surface area (Å²) < 4.78 is 23.0. The molecule has 1 amide bonds. The van der Waals surface area contributed by atoms with E-state index in [1.165, 1.54) is 17.4 Å². The number of amides is 1. The van der Waals surface area contributed by atoms with E-state index in [4.69, 9.17) is 10.9 Å². The van der Waals surface area contributed by atoms with Crippen molar-refractivity contribution in [1.82, 2.24) is 4.90 Å². The first-order valence-electron chi connectivity index (χ1n) is 6.90. The number of nitrogens with two attached hydrogens (primary N) is 2. The highest BCUT2D eigenvalue weighted by atomic mass is 32.2. The van der Waals surface area contributed by atoms with Crippen molar-refractivity contribution in [3.8, 4) is 0 Å². The van der Waals surface area contributed by atoms with Gasteiger partial charge in [0.2, 0.25) is 10.0 Å². The Morgan fingerprint density at radius 3 is 2.71 bits per heavy atom. The van der Waals surface area contributed by atoms with Gasteiger partial charge in [0.1, 0.15) is 0 Å². The Hall–Kier alpha value is -0.960. The summed E-state index contributed by atoms with van der Waals surface area (Å²) in [7, 11) is -3.79. The smallest absolute Gasteiger partial charge is 0.264 e. The van der Waals surface area contributed by atoms with E-state index in [1.54, 1.807) is 11.8 Å². The molecule has 2 unspecified atom stereocenters. The lowest BCUT2D eigenvalue weighted by molar-refractivity contribution is 0.0537. The second-order valence-corrected chi connectivity index (χ2v) is 8.28. The van der Waals surface area contributed by atoms with Gasteiger partial charge < -0.3 is 10.6 Å². The Labute approximate surface area is 129 Å². The van der Waals surface area contributed by atoms with Crippen LogP contribution in [-0.2, 0) is 10.0 Å². The number of hydrogen-bond donors (Lipinski definition) is 2. The molecule has 0 bridgehead atoms. The third-order valence-electron chi connectivity index (χ3n) is 4.01. The number of carbonyl (C=O) groups is 1. The van der Waals surface area contributed by atoms with Crippen LogP contribution in [0.2, 0.25) is 0 Å². The Morgan fingerprint density at radius 1 is 1.52 bits per heavy atom. The molecule has 0 aromatic carbocycles. The second-order valence-electron chi connectivity index (χ2n) is 5.50. The third-order valence-corrected chi connectivity index (χ3v) is 6.21. The normalized spacial score (nSPS) is 23.3. The molecule has 4 N–H and O–H groups in total. The summed E-state index contributed by atoms with van der Waals surface area (Å²) in [5.41, 5.74) is 5.80. The van der Waals surface area contributed by atoms with Crippen LogP contribution >= 0.6 is 11.3 Å². The number of carbonyl (C=O) groups excluding carboxylic acids is 1. The molecule has 1 aliphatic rings. The maximum absolute atomic E-state index is 12.7. The highest BCUT2D eigenvalue weighted by molar-refractivity contribution is 7.89. The Morgan fingerprint density at radius 2 is 2.19 bits per heavy atom. The lowest BCUT2D eigenvalue weighted by atomic mass is 9.90. The van der Waals surface area contributed by atoms with Gasteiger partial charge in [0, 0.05) is 24.0 Å². The van der Waals surface area contributed by atoms with Gasteiger partial charge in [-0.2, -0.15) is 0 Å². The molecule has 1 aromatic heterocycles. The molecule has 0 radical (unpaired) electrons. The highest BCUT2D eigenvalue weighted by Crippen LogP contribution is 2.29. The maximum atomic E-state index is 12.7. The summed E-state index contributed by atoms with van der Waals surface area (Å²) >= 11 is 1.17. The van der Waals surface area contributed by atoms with E-state index < -0.39 is 10.0 Å². The molecule has 21 heavy (non-hydrogen) atoms. The number of likely N-dealkylation sites (tertiary alicyclic amines) is 1. The first kappa shape index (κ1) is 16.4. The van der Waals surface area contributed by atoms with E-state index in [9.17, 15) is 13.2 Å². The van der Waals surface area contributed by atoms with E-state index in [-0.39, 0.29) is 16.8 Å². The fourth-order valence-electron chi connectivity index (χ4n) is 2.86. The molecule has 1 saturated heterocycles. The monoisotopic (exact) mass is 331 g/mol. The van der Waals surface area contributed by atoms with Gasteiger partial charge in [-0.15, -0.1) is 11.3 Å². The van der Waals surface area contributed by atoms with Crippen LogP contribution in [0.3, 0.4) is 0 Å². The van der Waals surface area contributed by atoms with E-state index in [0.717, 1.165) is 12.8 Å². The first-order chi connectivity index (χ1) is 9.75. The van der Waals surface area contributed by atoms with Crippen molar-refractivity contribution in [2.24, 2.45) is 16.8 Å². The van der Waals surface area contributed by atoms with E-state index >= 15 is 0 Å². The fraction of sp³-hybridized carbons (Fsp3) is 0.615. The largest absolute Gasteiger partial charge is 0.333 e. The highest BCUT2D eigenvalue weighted by Gasteiger charge is 2.32.